The number of nitrogens with one attached hydrogen (secondary N) is 2. The Morgan fingerprint density at radius 1 is 1.23 bits per heavy atom. The van der Waals surface area contributed by atoms with Gasteiger partial charge in [-0.1, -0.05) is 13.8 Å². The zero-order valence-electron chi connectivity index (χ0n) is 13.9. The largest absolute Gasteiger partial charge is 0.497 e. The van der Waals surface area contributed by atoms with Crippen LogP contribution >= 0.6 is 0 Å². The zero-order chi connectivity index (χ0) is 16.1. The average Bonchev–Trinajstić information content (AvgIpc) is 2.45. The van der Waals surface area contributed by atoms with Crippen LogP contribution in [-0.2, 0) is 4.79 Å². The number of methoxy groups -OCH3 is 2. The smallest absolute Gasteiger partial charge is 0.279 e. The Hall–Kier alpha value is -1.75. The van der Waals surface area contributed by atoms with E-state index < -0.39 is 0 Å². The molecule has 1 aromatic carbocycles. The van der Waals surface area contributed by atoms with E-state index in [1.165, 1.54) is 11.3 Å². The summed E-state index contributed by atoms with van der Waals surface area (Å²) in [5.41, 5.74) is 0.657. The molecule has 1 unspecified atom stereocenters. The lowest BCUT2D eigenvalue weighted by Gasteiger charge is -2.31. The molecule has 2 rings (SSSR count). The van der Waals surface area contributed by atoms with Gasteiger partial charge in [0.2, 0.25) is 0 Å². The van der Waals surface area contributed by atoms with Crippen LogP contribution < -0.4 is 19.7 Å². The van der Waals surface area contributed by atoms with Crippen molar-refractivity contribution in [1.29, 1.82) is 0 Å². The third kappa shape index (κ3) is 4.37. The number of hydrogen-bond acceptors (Lipinski definition) is 3. The summed E-state index contributed by atoms with van der Waals surface area (Å²) in [5.74, 6) is 2.71. The number of anilines is 1. The molecule has 5 heteroatoms. The number of benzene rings is 1. The number of ether oxygens (including phenoxy) is 2. The predicted octanol–water partition coefficient (Wildman–Crippen LogP) is 1.20. The van der Waals surface area contributed by atoms with Gasteiger partial charge in [-0.2, -0.15) is 0 Å². The van der Waals surface area contributed by atoms with Crippen molar-refractivity contribution >= 4 is 11.6 Å². The first-order valence-corrected chi connectivity index (χ1v) is 7.87. The lowest BCUT2D eigenvalue weighted by atomic mass is 9.92. The second kappa shape index (κ2) is 7.49. The number of carbonyl (C=O) groups excluding carboxylic acids is 1. The Morgan fingerprint density at radius 3 is 2.50 bits per heavy atom. The SMILES string of the molecule is COc1ccc(OC)c(NC(=O)C[NH+]2C[C@H](C)C[C@H](C)C2)c1. The van der Waals surface area contributed by atoms with Crippen LogP contribution in [0.5, 0.6) is 11.5 Å². The van der Waals surface area contributed by atoms with Crippen LogP contribution in [0.25, 0.3) is 0 Å². The summed E-state index contributed by atoms with van der Waals surface area (Å²) >= 11 is 0. The van der Waals surface area contributed by atoms with Crippen molar-refractivity contribution in [3.8, 4) is 11.5 Å². The molecule has 1 saturated heterocycles. The molecular weight excluding hydrogens is 280 g/mol. The fraction of sp³-hybridized carbons (Fsp3) is 0.588. The number of quaternary nitrogens is 1. The summed E-state index contributed by atoms with van der Waals surface area (Å²) in [6.07, 6.45) is 1.26. The summed E-state index contributed by atoms with van der Waals surface area (Å²) in [6, 6.07) is 5.40. The Kier molecular flexibility index (Phi) is 5.66. The number of hydrogen-bond donors (Lipinski definition) is 2. The number of piperidine rings is 1. The molecule has 0 saturated carbocycles. The summed E-state index contributed by atoms with van der Waals surface area (Å²) in [4.78, 5) is 13.7. The maximum atomic E-state index is 12.3. The van der Waals surface area contributed by atoms with Crippen LogP contribution in [-0.4, -0.2) is 39.8 Å². The minimum atomic E-state index is 0.0165. The van der Waals surface area contributed by atoms with Gasteiger partial charge in [-0.3, -0.25) is 4.79 Å². The van der Waals surface area contributed by atoms with E-state index in [-0.39, 0.29) is 5.91 Å². The summed E-state index contributed by atoms with van der Waals surface area (Å²) in [7, 11) is 3.20. The van der Waals surface area contributed by atoms with Gasteiger partial charge in [0.25, 0.3) is 5.91 Å². The Labute approximate surface area is 132 Å². The molecule has 1 aliphatic rings. The van der Waals surface area contributed by atoms with Crippen LogP contribution in [0.15, 0.2) is 18.2 Å². The molecule has 122 valence electrons. The van der Waals surface area contributed by atoms with Crippen molar-refractivity contribution in [2.45, 2.75) is 20.3 Å². The normalized spacial score (nSPS) is 24.6. The molecule has 1 amide bonds. The van der Waals surface area contributed by atoms with Crippen molar-refractivity contribution in [3.05, 3.63) is 18.2 Å². The number of rotatable bonds is 5. The lowest BCUT2D eigenvalue weighted by Crippen LogP contribution is -3.15. The monoisotopic (exact) mass is 307 g/mol. The first-order valence-electron chi connectivity index (χ1n) is 7.87. The molecular formula is C17H27N2O3+. The molecule has 0 radical (unpaired) electrons. The van der Waals surface area contributed by atoms with Crippen LogP contribution in [0.3, 0.4) is 0 Å². The first-order chi connectivity index (χ1) is 10.5. The van der Waals surface area contributed by atoms with E-state index in [1.807, 2.05) is 6.07 Å². The molecule has 1 heterocycles. The first kappa shape index (κ1) is 16.6. The van der Waals surface area contributed by atoms with E-state index in [4.69, 9.17) is 9.47 Å². The molecule has 0 aliphatic carbocycles. The molecule has 5 nitrogen and oxygen atoms in total. The zero-order valence-corrected chi connectivity index (χ0v) is 13.9. The average molecular weight is 307 g/mol. The molecule has 0 aromatic heterocycles. The van der Waals surface area contributed by atoms with Crippen LogP contribution in [0.2, 0.25) is 0 Å². The number of amides is 1. The summed E-state index contributed by atoms with van der Waals surface area (Å²) < 4.78 is 10.5. The van der Waals surface area contributed by atoms with E-state index in [9.17, 15) is 4.79 Å². The number of carbonyl (C=O) groups is 1. The quantitative estimate of drug-likeness (QED) is 0.859. The Morgan fingerprint density at radius 2 is 1.91 bits per heavy atom. The highest BCUT2D eigenvalue weighted by molar-refractivity contribution is 5.93. The Bertz CT molecular complexity index is 509. The molecule has 0 spiro atoms. The second-order valence-electron chi connectivity index (χ2n) is 6.40. The molecule has 2 N–H and O–H groups in total. The molecule has 1 fully saturated rings. The molecule has 0 bridgehead atoms. The molecule has 3 atom stereocenters. The Balaban J connectivity index is 1.99. The van der Waals surface area contributed by atoms with Crippen molar-refractivity contribution in [3.63, 3.8) is 0 Å². The van der Waals surface area contributed by atoms with Gasteiger partial charge in [-0.15, -0.1) is 0 Å². The fourth-order valence-corrected chi connectivity index (χ4v) is 3.40. The fourth-order valence-electron chi connectivity index (χ4n) is 3.40. The van der Waals surface area contributed by atoms with Gasteiger partial charge >= 0.3 is 0 Å². The van der Waals surface area contributed by atoms with Gasteiger partial charge in [0.15, 0.2) is 6.54 Å². The summed E-state index contributed by atoms with van der Waals surface area (Å²) in [5, 5.41) is 2.95. The highest BCUT2D eigenvalue weighted by Crippen LogP contribution is 2.28. The number of likely N-dealkylation sites (tertiary alicyclic amines) is 1. The molecule has 1 aliphatic heterocycles. The molecule has 1 aromatic rings. The predicted molar refractivity (Wildman–Crippen MR) is 86.7 cm³/mol. The van der Waals surface area contributed by atoms with Crippen LogP contribution in [0.4, 0.5) is 5.69 Å². The van der Waals surface area contributed by atoms with Gasteiger partial charge in [0.1, 0.15) is 11.5 Å². The van der Waals surface area contributed by atoms with Crippen molar-refractivity contribution in [2.24, 2.45) is 11.8 Å². The van der Waals surface area contributed by atoms with Crippen molar-refractivity contribution in [1.82, 2.24) is 0 Å². The van der Waals surface area contributed by atoms with Gasteiger partial charge in [-0.25, -0.2) is 0 Å². The van der Waals surface area contributed by atoms with E-state index in [2.05, 4.69) is 19.2 Å². The third-order valence-corrected chi connectivity index (χ3v) is 4.17. The van der Waals surface area contributed by atoms with Gasteiger partial charge in [-0.05, 0) is 18.6 Å². The molecule has 22 heavy (non-hydrogen) atoms. The van der Waals surface area contributed by atoms with Gasteiger partial charge in [0, 0.05) is 17.9 Å². The van der Waals surface area contributed by atoms with Crippen LogP contribution in [0.1, 0.15) is 20.3 Å². The van der Waals surface area contributed by atoms with Crippen molar-refractivity contribution < 1.29 is 19.2 Å². The van der Waals surface area contributed by atoms with Gasteiger partial charge in [0.05, 0.1) is 33.0 Å². The van der Waals surface area contributed by atoms with E-state index in [0.29, 0.717) is 35.6 Å². The summed E-state index contributed by atoms with van der Waals surface area (Å²) in [6.45, 7) is 7.15. The van der Waals surface area contributed by atoms with Crippen molar-refractivity contribution in [2.75, 3.05) is 39.2 Å². The van der Waals surface area contributed by atoms with E-state index in [0.717, 1.165) is 13.1 Å². The van der Waals surface area contributed by atoms with E-state index in [1.54, 1.807) is 26.4 Å². The lowest BCUT2D eigenvalue weighted by molar-refractivity contribution is -0.904. The van der Waals surface area contributed by atoms with E-state index >= 15 is 0 Å². The minimum Gasteiger partial charge on any atom is -0.497 e. The highest BCUT2D eigenvalue weighted by atomic mass is 16.5. The topological polar surface area (TPSA) is 52.0 Å². The standard InChI is InChI=1S/C17H26N2O3/c1-12-7-13(2)10-19(9-12)11-17(20)18-15-8-14(21-3)5-6-16(15)22-4/h5-6,8,12-13H,7,9-11H2,1-4H3,(H,18,20)/p+1/t12-,13+. The highest BCUT2D eigenvalue weighted by Gasteiger charge is 2.26. The van der Waals surface area contributed by atoms with Crippen LogP contribution in [0, 0.1) is 11.8 Å². The maximum absolute atomic E-state index is 12.3. The van der Waals surface area contributed by atoms with Gasteiger partial charge < -0.3 is 19.7 Å². The third-order valence-electron chi connectivity index (χ3n) is 4.17. The minimum absolute atomic E-state index is 0.0165. The maximum Gasteiger partial charge on any atom is 0.279 e. The second-order valence-corrected chi connectivity index (χ2v) is 6.40.